The molecular formula is C13H24N2O2. The Hall–Kier alpha value is -0.610. The lowest BCUT2D eigenvalue weighted by Gasteiger charge is -2.25. The molecule has 1 saturated heterocycles. The van der Waals surface area contributed by atoms with Gasteiger partial charge < -0.3 is 15.3 Å². The monoisotopic (exact) mass is 240 g/mol. The van der Waals surface area contributed by atoms with E-state index in [-0.39, 0.29) is 17.9 Å². The second-order valence-electron chi connectivity index (χ2n) is 5.35. The SMILES string of the molecule is O=C(NCCN1CCCC1)[C@H]1CC[C@@H](O)CC1. The molecule has 0 radical (unpaired) electrons. The van der Waals surface area contributed by atoms with Crippen molar-refractivity contribution in [3.8, 4) is 0 Å². The van der Waals surface area contributed by atoms with Gasteiger partial charge in [-0.25, -0.2) is 0 Å². The number of aliphatic hydroxyl groups excluding tert-OH is 1. The molecule has 2 fully saturated rings. The molecule has 17 heavy (non-hydrogen) atoms. The molecular weight excluding hydrogens is 216 g/mol. The van der Waals surface area contributed by atoms with E-state index in [9.17, 15) is 9.90 Å². The number of hydrogen-bond donors (Lipinski definition) is 2. The van der Waals surface area contributed by atoms with Crippen molar-refractivity contribution in [1.29, 1.82) is 0 Å². The lowest BCUT2D eigenvalue weighted by molar-refractivity contribution is -0.126. The van der Waals surface area contributed by atoms with Gasteiger partial charge in [0.2, 0.25) is 5.91 Å². The normalized spacial score (nSPS) is 30.4. The molecule has 2 N–H and O–H groups in total. The summed E-state index contributed by atoms with van der Waals surface area (Å²) in [6.45, 7) is 4.13. The van der Waals surface area contributed by atoms with Crippen LogP contribution in [0.15, 0.2) is 0 Å². The van der Waals surface area contributed by atoms with Crippen LogP contribution < -0.4 is 5.32 Å². The van der Waals surface area contributed by atoms with Gasteiger partial charge in [-0.15, -0.1) is 0 Å². The van der Waals surface area contributed by atoms with E-state index in [1.807, 2.05) is 0 Å². The quantitative estimate of drug-likeness (QED) is 0.762. The van der Waals surface area contributed by atoms with Gasteiger partial charge in [-0.3, -0.25) is 4.79 Å². The Morgan fingerprint density at radius 1 is 1.18 bits per heavy atom. The Morgan fingerprint density at radius 2 is 1.82 bits per heavy atom. The number of nitrogens with zero attached hydrogens (tertiary/aromatic N) is 1. The van der Waals surface area contributed by atoms with Crippen molar-refractivity contribution in [2.24, 2.45) is 5.92 Å². The largest absolute Gasteiger partial charge is 0.393 e. The predicted octanol–water partition coefficient (Wildman–Crippen LogP) is 0.749. The highest BCUT2D eigenvalue weighted by molar-refractivity contribution is 5.78. The number of carbonyl (C=O) groups is 1. The summed E-state index contributed by atoms with van der Waals surface area (Å²) in [6.07, 6.45) is 5.67. The van der Waals surface area contributed by atoms with Crippen molar-refractivity contribution >= 4 is 5.91 Å². The highest BCUT2D eigenvalue weighted by atomic mass is 16.3. The van der Waals surface area contributed by atoms with Crippen LogP contribution in [0.1, 0.15) is 38.5 Å². The van der Waals surface area contributed by atoms with Crippen LogP contribution in [0, 0.1) is 5.92 Å². The minimum atomic E-state index is -0.177. The van der Waals surface area contributed by atoms with E-state index in [1.54, 1.807) is 0 Å². The Balaban J connectivity index is 1.60. The molecule has 0 atom stereocenters. The average Bonchev–Trinajstić information content (AvgIpc) is 2.83. The Bertz CT molecular complexity index is 244. The van der Waals surface area contributed by atoms with E-state index in [1.165, 1.54) is 25.9 Å². The first kappa shape index (κ1) is 12.8. The highest BCUT2D eigenvalue weighted by Crippen LogP contribution is 2.24. The molecule has 1 saturated carbocycles. The topological polar surface area (TPSA) is 52.6 Å². The summed E-state index contributed by atoms with van der Waals surface area (Å²) in [5.74, 6) is 0.327. The number of nitrogens with one attached hydrogen (secondary N) is 1. The second-order valence-corrected chi connectivity index (χ2v) is 5.35. The number of carbonyl (C=O) groups excluding carboxylic acids is 1. The van der Waals surface area contributed by atoms with Crippen LogP contribution >= 0.6 is 0 Å². The van der Waals surface area contributed by atoms with E-state index in [0.717, 1.165) is 38.8 Å². The zero-order chi connectivity index (χ0) is 12.1. The van der Waals surface area contributed by atoms with Gasteiger partial charge in [0.25, 0.3) is 0 Å². The molecule has 4 heteroatoms. The van der Waals surface area contributed by atoms with Crippen LogP contribution in [0.3, 0.4) is 0 Å². The Morgan fingerprint density at radius 3 is 2.47 bits per heavy atom. The highest BCUT2D eigenvalue weighted by Gasteiger charge is 2.24. The number of hydrogen-bond acceptors (Lipinski definition) is 3. The molecule has 0 aromatic heterocycles. The molecule has 1 aliphatic heterocycles. The van der Waals surface area contributed by atoms with E-state index in [2.05, 4.69) is 10.2 Å². The molecule has 98 valence electrons. The van der Waals surface area contributed by atoms with Gasteiger partial charge in [-0.05, 0) is 51.6 Å². The summed E-state index contributed by atoms with van der Waals surface area (Å²) in [6, 6.07) is 0. The van der Waals surface area contributed by atoms with Crippen LogP contribution in [-0.2, 0) is 4.79 Å². The van der Waals surface area contributed by atoms with Crippen molar-refractivity contribution < 1.29 is 9.90 Å². The second kappa shape index (κ2) is 6.36. The molecule has 1 heterocycles. The maximum absolute atomic E-state index is 11.9. The minimum absolute atomic E-state index is 0.136. The molecule has 2 aliphatic rings. The first-order valence-corrected chi connectivity index (χ1v) is 6.94. The van der Waals surface area contributed by atoms with Crippen LogP contribution in [0.5, 0.6) is 0 Å². The molecule has 0 aromatic carbocycles. The maximum Gasteiger partial charge on any atom is 0.223 e. The number of rotatable bonds is 4. The molecule has 1 amide bonds. The smallest absolute Gasteiger partial charge is 0.223 e. The van der Waals surface area contributed by atoms with Gasteiger partial charge in [0, 0.05) is 19.0 Å². The van der Waals surface area contributed by atoms with E-state index < -0.39 is 0 Å². The Kier molecular flexibility index (Phi) is 4.80. The molecule has 0 unspecified atom stereocenters. The third-order valence-corrected chi connectivity index (χ3v) is 3.99. The van der Waals surface area contributed by atoms with Gasteiger partial charge in [-0.2, -0.15) is 0 Å². The lowest BCUT2D eigenvalue weighted by Crippen LogP contribution is -2.38. The van der Waals surface area contributed by atoms with Gasteiger partial charge >= 0.3 is 0 Å². The molecule has 4 nitrogen and oxygen atoms in total. The summed E-state index contributed by atoms with van der Waals surface area (Å²) in [5, 5.41) is 12.4. The fraction of sp³-hybridized carbons (Fsp3) is 0.923. The number of likely N-dealkylation sites (tertiary alicyclic amines) is 1. The summed E-state index contributed by atoms with van der Waals surface area (Å²) in [5.41, 5.74) is 0. The fourth-order valence-electron chi connectivity index (χ4n) is 2.83. The number of aliphatic hydroxyl groups is 1. The molecule has 0 aromatic rings. The predicted molar refractivity (Wildman–Crippen MR) is 66.6 cm³/mol. The standard InChI is InChI=1S/C13H24N2O2/c16-12-5-3-11(4-6-12)13(17)14-7-10-15-8-1-2-9-15/h11-12,16H,1-10H2,(H,14,17)/t11-,12+. The molecule has 0 spiro atoms. The van der Waals surface area contributed by atoms with Crippen molar-refractivity contribution in [1.82, 2.24) is 10.2 Å². The molecule has 2 rings (SSSR count). The van der Waals surface area contributed by atoms with Gasteiger partial charge in [0.1, 0.15) is 0 Å². The summed E-state index contributed by atoms with van der Waals surface area (Å²) in [7, 11) is 0. The minimum Gasteiger partial charge on any atom is -0.393 e. The van der Waals surface area contributed by atoms with Crippen molar-refractivity contribution in [2.45, 2.75) is 44.6 Å². The van der Waals surface area contributed by atoms with Crippen LogP contribution in [0.2, 0.25) is 0 Å². The van der Waals surface area contributed by atoms with Crippen molar-refractivity contribution in [2.75, 3.05) is 26.2 Å². The van der Waals surface area contributed by atoms with Gasteiger partial charge in [0.15, 0.2) is 0 Å². The third kappa shape index (κ3) is 3.96. The van der Waals surface area contributed by atoms with Gasteiger partial charge in [-0.1, -0.05) is 0 Å². The van der Waals surface area contributed by atoms with Crippen molar-refractivity contribution in [3.63, 3.8) is 0 Å². The van der Waals surface area contributed by atoms with Crippen LogP contribution in [0.25, 0.3) is 0 Å². The summed E-state index contributed by atoms with van der Waals surface area (Å²) < 4.78 is 0. The molecule has 1 aliphatic carbocycles. The van der Waals surface area contributed by atoms with Crippen LogP contribution in [0.4, 0.5) is 0 Å². The van der Waals surface area contributed by atoms with E-state index >= 15 is 0 Å². The fourth-order valence-corrected chi connectivity index (χ4v) is 2.83. The summed E-state index contributed by atoms with van der Waals surface area (Å²) >= 11 is 0. The third-order valence-electron chi connectivity index (χ3n) is 3.99. The zero-order valence-electron chi connectivity index (χ0n) is 10.5. The average molecular weight is 240 g/mol. The zero-order valence-corrected chi connectivity index (χ0v) is 10.5. The van der Waals surface area contributed by atoms with Crippen molar-refractivity contribution in [3.05, 3.63) is 0 Å². The maximum atomic E-state index is 11.9. The first-order chi connectivity index (χ1) is 8.25. The lowest BCUT2D eigenvalue weighted by atomic mass is 9.87. The molecule has 0 bridgehead atoms. The number of amides is 1. The summed E-state index contributed by atoms with van der Waals surface area (Å²) in [4.78, 5) is 14.3. The van der Waals surface area contributed by atoms with Gasteiger partial charge in [0.05, 0.1) is 6.10 Å². The van der Waals surface area contributed by atoms with E-state index in [4.69, 9.17) is 0 Å². The first-order valence-electron chi connectivity index (χ1n) is 6.94. The van der Waals surface area contributed by atoms with Crippen LogP contribution in [-0.4, -0.2) is 48.2 Å². The Labute approximate surface area is 103 Å². The van der Waals surface area contributed by atoms with E-state index in [0.29, 0.717) is 0 Å².